The maximum atomic E-state index is 13.2. The molecule has 3 rings (SSSR count). The van der Waals surface area contributed by atoms with Crippen LogP contribution in [0.25, 0.3) is 0 Å². The van der Waals surface area contributed by atoms with Crippen LogP contribution in [0.5, 0.6) is 17.2 Å². The van der Waals surface area contributed by atoms with Gasteiger partial charge in [0.05, 0.1) is 25.1 Å². The number of carbonyl (C=O) groups excluding carboxylic acids is 2. The summed E-state index contributed by atoms with van der Waals surface area (Å²) in [5.74, 6) is 0.282. The highest BCUT2D eigenvalue weighted by molar-refractivity contribution is 6.30. The normalized spacial score (nSPS) is 12.7. The lowest BCUT2D eigenvalue weighted by Gasteiger charge is -2.23. The number of halogens is 1. The van der Waals surface area contributed by atoms with Crippen molar-refractivity contribution >= 4 is 29.2 Å². The molecule has 0 saturated heterocycles. The van der Waals surface area contributed by atoms with Gasteiger partial charge in [-0.05, 0) is 56.0 Å². The molecule has 1 amide bonds. The van der Waals surface area contributed by atoms with Gasteiger partial charge in [0.2, 0.25) is 5.75 Å². The topological polar surface area (TPSA) is 108 Å². The molecule has 1 aliphatic carbocycles. The number of benzene rings is 2. The van der Waals surface area contributed by atoms with Gasteiger partial charge in [-0.25, -0.2) is 0 Å². The zero-order valence-electron chi connectivity index (χ0n) is 18.4. The van der Waals surface area contributed by atoms with E-state index in [1.54, 1.807) is 17.9 Å². The minimum atomic E-state index is -0.592. The monoisotopic (exact) mass is 476 g/mol. The van der Waals surface area contributed by atoms with Crippen molar-refractivity contribution < 1.29 is 28.7 Å². The predicted molar refractivity (Wildman–Crippen MR) is 121 cm³/mol. The Bertz CT molecular complexity index is 1040. The van der Waals surface area contributed by atoms with Crippen molar-refractivity contribution in [2.45, 2.75) is 26.2 Å². The van der Waals surface area contributed by atoms with Crippen LogP contribution in [0.4, 0.5) is 5.69 Å². The molecule has 10 heteroatoms. The molecule has 33 heavy (non-hydrogen) atoms. The maximum absolute atomic E-state index is 13.2. The number of nitrogens with zero attached hydrogens (tertiary/aromatic N) is 2. The van der Waals surface area contributed by atoms with Gasteiger partial charge in [-0.15, -0.1) is 0 Å². The highest BCUT2D eigenvalue weighted by Crippen LogP contribution is 2.38. The van der Waals surface area contributed by atoms with Crippen LogP contribution >= 0.6 is 11.6 Å². The number of methoxy groups -OCH3 is 1. The predicted octanol–water partition coefficient (Wildman–Crippen LogP) is 4.85. The molecule has 2 aromatic rings. The molecule has 2 aromatic carbocycles. The Morgan fingerprint density at radius 3 is 2.52 bits per heavy atom. The van der Waals surface area contributed by atoms with Crippen LogP contribution in [-0.4, -0.2) is 48.5 Å². The Kier molecular flexibility index (Phi) is 8.11. The largest absolute Gasteiger partial charge is 0.493 e. The second-order valence-electron chi connectivity index (χ2n) is 7.59. The first-order chi connectivity index (χ1) is 15.8. The first kappa shape index (κ1) is 24.3. The number of hydrogen-bond acceptors (Lipinski definition) is 7. The Morgan fingerprint density at radius 2 is 1.88 bits per heavy atom. The Balaban J connectivity index is 1.80. The van der Waals surface area contributed by atoms with Gasteiger partial charge in [0, 0.05) is 29.7 Å². The van der Waals surface area contributed by atoms with E-state index in [0.717, 1.165) is 12.8 Å². The average molecular weight is 477 g/mol. The number of nitro groups is 1. The molecule has 176 valence electrons. The molecule has 0 heterocycles. The van der Waals surface area contributed by atoms with E-state index in [-0.39, 0.29) is 52.8 Å². The molecule has 0 bridgehead atoms. The van der Waals surface area contributed by atoms with Crippen molar-refractivity contribution in [2.75, 3.05) is 26.8 Å². The summed E-state index contributed by atoms with van der Waals surface area (Å²) in [6, 6.07) is 8.67. The zero-order valence-corrected chi connectivity index (χ0v) is 19.2. The first-order valence-electron chi connectivity index (χ1n) is 10.6. The molecular weight excluding hydrogens is 452 g/mol. The summed E-state index contributed by atoms with van der Waals surface area (Å²) in [7, 11) is 1.41. The molecule has 0 spiro atoms. The molecular formula is C23H25ClN2O7. The van der Waals surface area contributed by atoms with E-state index in [0.29, 0.717) is 24.6 Å². The van der Waals surface area contributed by atoms with Crippen molar-refractivity contribution in [3.05, 3.63) is 57.1 Å². The van der Waals surface area contributed by atoms with Gasteiger partial charge in [0.1, 0.15) is 0 Å². The molecule has 0 radical (unpaired) electrons. The summed E-state index contributed by atoms with van der Waals surface area (Å²) in [4.78, 5) is 37.3. The molecule has 0 aromatic heterocycles. The lowest BCUT2D eigenvalue weighted by atomic mass is 10.1. The van der Waals surface area contributed by atoms with E-state index >= 15 is 0 Å². The number of hydrogen-bond donors (Lipinski definition) is 0. The molecule has 0 aliphatic heterocycles. The van der Waals surface area contributed by atoms with Crippen molar-refractivity contribution in [2.24, 2.45) is 5.92 Å². The van der Waals surface area contributed by atoms with E-state index in [4.69, 9.17) is 25.8 Å². The minimum Gasteiger partial charge on any atom is -0.493 e. The highest BCUT2D eigenvalue weighted by atomic mass is 35.5. The molecule has 1 saturated carbocycles. The van der Waals surface area contributed by atoms with Gasteiger partial charge < -0.3 is 19.1 Å². The van der Waals surface area contributed by atoms with E-state index in [1.165, 1.54) is 37.4 Å². The number of rotatable bonds is 11. The second-order valence-corrected chi connectivity index (χ2v) is 8.02. The van der Waals surface area contributed by atoms with Crippen LogP contribution in [0.15, 0.2) is 36.4 Å². The molecule has 0 unspecified atom stereocenters. The van der Waals surface area contributed by atoms with E-state index in [2.05, 4.69) is 0 Å². The third kappa shape index (κ3) is 6.58. The standard InChI is InChI=1S/C23H25ClN2O7/c1-3-32-22(27)10-11-25(14-15-4-5-15)23(28)16-6-8-20(21(12-16)31-2)33-19-9-7-17(24)13-18(19)26(29)30/h6-9,12-13,15H,3-5,10-11,14H2,1-2H3. The molecule has 1 aliphatic rings. The van der Waals surface area contributed by atoms with Crippen molar-refractivity contribution in [3.8, 4) is 17.2 Å². The Morgan fingerprint density at radius 1 is 1.15 bits per heavy atom. The van der Waals surface area contributed by atoms with E-state index in [9.17, 15) is 19.7 Å². The van der Waals surface area contributed by atoms with Gasteiger partial charge in [-0.2, -0.15) is 0 Å². The number of nitro benzene ring substituents is 1. The van der Waals surface area contributed by atoms with Gasteiger partial charge in [0.15, 0.2) is 11.5 Å². The second kappa shape index (κ2) is 11.0. The quantitative estimate of drug-likeness (QED) is 0.259. The fraction of sp³-hybridized carbons (Fsp3) is 0.391. The minimum absolute atomic E-state index is 0.00780. The van der Waals surface area contributed by atoms with Crippen molar-refractivity contribution in [1.82, 2.24) is 4.90 Å². The van der Waals surface area contributed by atoms with Gasteiger partial charge >= 0.3 is 11.7 Å². The lowest BCUT2D eigenvalue weighted by molar-refractivity contribution is -0.385. The molecule has 1 fully saturated rings. The summed E-state index contributed by atoms with van der Waals surface area (Å²) in [6.45, 7) is 2.85. The Labute approximate surface area is 196 Å². The number of esters is 1. The van der Waals surface area contributed by atoms with Crippen LogP contribution in [0, 0.1) is 16.0 Å². The number of ether oxygens (including phenoxy) is 3. The third-order valence-electron chi connectivity index (χ3n) is 5.10. The molecule has 0 atom stereocenters. The van der Waals surface area contributed by atoms with Gasteiger partial charge in [-0.1, -0.05) is 11.6 Å². The fourth-order valence-corrected chi connectivity index (χ4v) is 3.42. The van der Waals surface area contributed by atoms with Crippen LogP contribution in [0.2, 0.25) is 5.02 Å². The SMILES string of the molecule is CCOC(=O)CCN(CC1CC1)C(=O)c1ccc(Oc2ccc(Cl)cc2[N+](=O)[O-])c(OC)c1. The van der Waals surface area contributed by atoms with Crippen LogP contribution < -0.4 is 9.47 Å². The maximum Gasteiger partial charge on any atom is 0.313 e. The van der Waals surface area contributed by atoms with Gasteiger partial charge in [-0.3, -0.25) is 19.7 Å². The number of carbonyl (C=O) groups is 2. The van der Waals surface area contributed by atoms with E-state index < -0.39 is 4.92 Å². The highest BCUT2D eigenvalue weighted by Gasteiger charge is 2.28. The summed E-state index contributed by atoms with van der Waals surface area (Å²) < 4.78 is 16.1. The molecule has 9 nitrogen and oxygen atoms in total. The summed E-state index contributed by atoms with van der Waals surface area (Å²) in [6.07, 6.45) is 2.23. The zero-order chi connectivity index (χ0) is 24.0. The molecule has 0 N–H and O–H groups in total. The number of amides is 1. The van der Waals surface area contributed by atoms with Crippen LogP contribution in [0.1, 0.15) is 36.5 Å². The third-order valence-corrected chi connectivity index (χ3v) is 5.34. The van der Waals surface area contributed by atoms with Crippen molar-refractivity contribution in [1.29, 1.82) is 0 Å². The first-order valence-corrected chi connectivity index (χ1v) is 10.9. The van der Waals surface area contributed by atoms with E-state index in [1.807, 2.05) is 0 Å². The van der Waals surface area contributed by atoms with Crippen LogP contribution in [-0.2, 0) is 9.53 Å². The Hall–Kier alpha value is -3.33. The smallest absolute Gasteiger partial charge is 0.313 e. The summed E-state index contributed by atoms with van der Waals surface area (Å²) in [5, 5.41) is 11.5. The summed E-state index contributed by atoms with van der Waals surface area (Å²) >= 11 is 5.86. The fourth-order valence-electron chi connectivity index (χ4n) is 3.25. The van der Waals surface area contributed by atoms with Crippen LogP contribution in [0.3, 0.4) is 0 Å². The summed E-state index contributed by atoms with van der Waals surface area (Å²) in [5.41, 5.74) is 0.0635. The van der Waals surface area contributed by atoms with Gasteiger partial charge in [0.25, 0.3) is 5.91 Å². The average Bonchev–Trinajstić information content (AvgIpc) is 3.61. The van der Waals surface area contributed by atoms with Crippen molar-refractivity contribution in [3.63, 3.8) is 0 Å². The lowest BCUT2D eigenvalue weighted by Crippen LogP contribution is -2.35.